The third-order valence-corrected chi connectivity index (χ3v) is 5.54. The Labute approximate surface area is 188 Å². The van der Waals surface area contributed by atoms with E-state index in [4.69, 9.17) is 0 Å². The van der Waals surface area contributed by atoms with Crippen molar-refractivity contribution in [2.24, 2.45) is 0 Å². The zero-order chi connectivity index (χ0) is 23.8. The molecule has 0 amide bonds. The highest BCUT2D eigenvalue weighted by atomic mass is 19.4. The van der Waals surface area contributed by atoms with E-state index in [1.54, 1.807) is 18.2 Å². The molecule has 0 aliphatic rings. The lowest BCUT2D eigenvalue weighted by Gasteiger charge is -2.15. The normalized spacial score (nSPS) is 13.1. The Kier molecular flexibility index (Phi) is 6.07. The standard InChI is InChI=1S/C24H24F3N5O/c1-14(2)32-13-20(24(25,26)27)29-22(32)17-10-8-16(9-11-17)12-28-15(3)21-18-6-4-5-7-19(18)23(33)31-30-21/h4-11,13-15,28H,12H2,1-3H3,(H,31,33). The van der Waals surface area contributed by atoms with Gasteiger partial charge in [-0.15, -0.1) is 0 Å². The number of fused-ring (bicyclic) bond motifs is 1. The zero-order valence-corrected chi connectivity index (χ0v) is 18.4. The van der Waals surface area contributed by atoms with Gasteiger partial charge < -0.3 is 9.88 Å². The summed E-state index contributed by atoms with van der Waals surface area (Å²) < 4.78 is 41.0. The van der Waals surface area contributed by atoms with Crippen molar-refractivity contribution in [1.82, 2.24) is 25.1 Å². The molecule has 0 aliphatic carbocycles. The first-order valence-corrected chi connectivity index (χ1v) is 10.6. The molecule has 0 saturated carbocycles. The molecule has 172 valence electrons. The molecule has 0 bridgehead atoms. The molecule has 2 N–H and O–H groups in total. The number of alkyl halides is 3. The maximum absolute atomic E-state index is 13.2. The van der Waals surface area contributed by atoms with Gasteiger partial charge in [-0.2, -0.15) is 18.3 Å². The number of hydrogen-bond donors (Lipinski definition) is 2. The van der Waals surface area contributed by atoms with E-state index in [-0.39, 0.29) is 23.5 Å². The fourth-order valence-corrected chi connectivity index (χ4v) is 3.74. The van der Waals surface area contributed by atoms with Gasteiger partial charge in [0.25, 0.3) is 5.56 Å². The average Bonchev–Trinajstić information content (AvgIpc) is 3.25. The van der Waals surface area contributed by atoms with E-state index in [0.717, 1.165) is 22.8 Å². The van der Waals surface area contributed by atoms with Crippen LogP contribution in [0.3, 0.4) is 0 Å². The second-order valence-corrected chi connectivity index (χ2v) is 8.23. The lowest BCUT2D eigenvalue weighted by atomic mass is 10.1. The summed E-state index contributed by atoms with van der Waals surface area (Å²) in [5, 5.41) is 11.5. The van der Waals surface area contributed by atoms with Crippen LogP contribution in [0.2, 0.25) is 0 Å². The van der Waals surface area contributed by atoms with E-state index in [1.165, 1.54) is 4.57 Å². The molecule has 0 spiro atoms. The van der Waals surface area contributed by atoms with E-state index < -0.39 is 11.9 Å². The molecule has 0 radical (unpaired) electrons. The van der Waals surface area contributed by atoms with Crippen LogP contribution >= 0.6 is 0 Å². The van der Waals surface area contributed by atoms with Crippen molar-refractivity contribution >= 4 is 10.8 Å². The number of hydrogen-bond acceptors (Lipinski definition) is 4. The van der Waals surface area contributed by atoms with E-state index in [1.807, 2.05) is 51.1 Å². The number of imidazole rings is 1. The first kappa shape index (κ1) is 22.7. The predicted octanol–water partition coefficient (Wildman–Crippen LogP) is 5.24. The van der Waals surface area contributed by atoms with Crippen molar-refractivity contribution in [3.05, 3.63) is 82.0 Å². The van der Waals surface area contributed by atoms with Gasteiger partial charge in [0, 0.05) is 35.8 Å². The molecule has 9 heteroatoms. The maximum Gasteiger partial charge on any atom is 0.434 e. The van der Waals surface area contributed by atoms with Gasteiger partial charge in [0.1, 0.15) is 5.82 Å². The molecular weight excluding hydrogens is 431 g/mol. The van der Waals surface area contributed by atoms with E-state index in [9.17, 15) is 18.0 Å². The highest BCUT2D eigenvalue weighted by Crippen LogP contribution is 2.32. The predicted molar refractivity (Wildman–Crippen MR) is 121 cm³/mol. The van der Waals surface area contributed by atoms with Crippen LogP contribution in [0.1, 0.15) is 49.8 Å². The fourth-order valence-electron chi connectivity index (χ4n) is 3.74. The van der Waals surface area contributed by atoms with Crippen LogP contribution < -0.4 is 10.9 Å². The second-order valence-electron chi connectivity index (χ2n) is 8.23. The number of H-pyrrole nitrogens is 1. The molecule has 0 saturated heterocycles. The average molecular weight is 455 g/mol. The van der Waals surface area contributed by atoms with Crippen LogP contribution in [-0.2, 0) is 12.7 Å². The molecule has 2 heterocycles. The number of nitrogens with zero attached hydrogens (tertiary/aromatic N) is 3. The van der Waals surface area contributed by atoms with Crippen LogP contribution in [0.5, 0.6) is 0 Å². The summed E-state index contributed by atoms with van der Waals surface area (Å²) in [5.41, 5.74) is 1.18. The Bertz CT molecular complexity index is 1320. The summed E-state index contributed by atoms with van der Waals surface area (Å²) in [5.74, 6) is 0.286. The highest BCUT2D eigenvalue weighted by molar-refractivity contribution is 5.83. The first-order valence-electron chi connectivity index (χ1n) is 10.6. The minimum Gasteiger partial charge on any atom is -0.328 e. The Morgan fingerprint density at radius 1 is 1.03 bits per heavy atom. The summed E-state index contributed by atoms with van der Waals surface area (Å²) >= 11 is 0. The number of aromatic amines is 1. The van der Waals surface area contributed by atoms with Crippen molar-refractivity contribution < 1.29 is 13.2 Å². The monoisotopic (exact) mass is 455 g/mol. The van der Waals surface area contributed by atoms with Gasteiger partial charge in [-0.05, 0) is 32.4 Å². The molecule has 2 aromatic carbocycles. The van der Waals surface area contributed by atoms with Crippen LogP contribution in [0.4, 0.5) is 13.2 Å². The number of halogens is 3. The third kappa shape index (κ3) is 4.68. The smallest absolute Gasteiger partial charge is 0.328 e. The molecule has 0 aliphatic heterocycles. The second kappa shape index (κ2) is 8.82. The summed E-state index contributed by atoms with van der Waals surface area (Å²) in [6.45, 7) is 6.11. The van der Waals surface area contributed by atoms with Gasteiger partial charge in [0.2, 0.25) is 0 Å². The molecular formula is C24H24F3N5O. The zero-order valence-electron chi connectivity index (χ0n) is 18.4. The number of aromatic nitrogens is 4. The Morgan fingerprint density at radius 3 is 2.33 bits per heavy atom. The van der Waals surface area contributed by atoms with Crippen molar-refractivity contribution in [3.63, 3.8) is 0 Å². The molecule has 6 nitrogen and oxygen atoms in total. The fraction of sp³-hybridized carbons (Fsp3) is 0.292. The number of rotatable bonds is 6. The van der Waals surface area contributed by atoms with Crippen LogP contribution in [-0.4, -0.2) is 19.7 Å². The largest absolute Gasteiger partial charge is 0.434 e. The van der Waals surface area contributed by atoms with Crippen LogP contribution in [0.25, 0.3) is 22.2 Å². The topological polar surface area (TPSA) is 75.6 Å². The molecule has 1 unspecified atom stereocenters. The minimum atomic E-state index is -4.49. The van der Waals surface area contributed by atoms with Crippen molar-refractivity contribution in [2.75, 3.05) is 0 Å². The van der Waals surface area contributed by atoms with Crippen LogP contribution in [0.15, 0.2) is 59.5 Å². The Balaban J connectivity index is 1.52. The van der Waals surface area contributed by atoms with E-state index in [2.05, 4.69) is 20.5 Å². The minimum absolute atomic E-state index is 0.138. The van der Waals surface area contributed by atoms with Gasteiger partial charge in [0.05, 0.1) is 11.1 Å². The number of benzene rings is 2. The molecule has 4 rings (SSSR count). The van der Waals surface area contributed by atoms with E-state index in [0.29, 0.717) is 17.5 Å². The SMILES string of the molecule is CC(NCc1ccc(-c2nc(C(F)(F)F)cn2C(C)C)cc1)c1n[nH]c(=O)c2ccccc12. The van der Waals surface area contributed by atoms with Gasteiger partial charge >= 0.3 is 6.18 Å². The molecule has 1 atom stereocenters. The lowest BCUT2D eigenvalue weighted by Crippen LogP contribution is -2.22. The molecule has 0 fully saturated rings. The summed E-state index contributed by atoms with van der Waals surface area (Å²) in [6, 6.07) is 14.3. The first-order chi connectivity index (χ1) is 15.6. The Hall–Kier alpha value is -3.46. The van der Waals surface area contributed by atoms with Gasteiger partial charge in [-0.25, -0.2) is 10.1 Å². The van der Waals surface area contributed by atoms with Gasteiger partial charge in [-0.3, -0.25) is 4.79 Å². The maximum atomic E-state index is 13.2. The quantitative estimate of drug-likeness (QED) is 0.417. The van der Waals surface area contributed by atoms with Crippen LogP contribution in [0, 0.1) is 0 Å². The third-order valence-electron chi connectivity index (χ3n) is 5.54. The van der Waals surface area contributed by atoms with E-state index >= 15 is 0 Å². The highest BCUT2D eigenvalue weighted by Gasteiger charge is 2.35. The van der Waals surface area contributed by atoms with Gasteiger partial charge in [-0.1, -0.05) is 42.5 Å². The summed E-state index contributed by atoms with van der Waals surface area (Å²) in [4.78, 5) is 15.8. The molecule has 4 aromatic rings. The summed E-state index contributed by atoms with van der Waals surface area (Å²) in [6.07, 6.45) is -3.44. The molecule has 33 heavy (non-hydrogen) atoms. The Morgan fingerprint density at radius 2 is 1.70 bits per heavy atom. The summed E-state index contributed by atoms with van der Waals surface area (Å²) in [7, 11) is 0. The number of nitrogens with one attached hydrogen (secondary N) is 2. The lowest BCUT2D eigenvalue weighted by molar-refractivity contribution is -0.140. The van der Waals surface area contributed by atoms with Crippen molar-refractivity contribution in [3.8, 4) is 11.4 Å². The van der Waals surface area contributed by atoms with Crippen molar-refractivity contribution in [1.29, 1.82) is 0 Å². The van der Waals surface area contributed by atoms with Crippen molar-refractivity contribution in [2.45, 2.75) is 45.6 Å². The molecule has 2 aromatic heterocycles. The van der Waals surface area contributed by atoms with Gasteiger partial charge in [0.15, 0.2) is 5.69 Å².